The van der Waals surface area contributed by atoms with Gasteiger partial charge in [-0.1, -0.05) is 11.6 Å². The summed E-state index contributed by atoms with van der Waals surface area (Å²) in [7, 11) is 3.63. The second-order valence-electron chi connectivity index (χ2n) is 6.77. The van der Waals surface area contributed by atoms with Crippen molar-refractivity contribution in [2.24, 2.45) is 0 Å². The molecule has 27 heavy (non-hydrogen) atoms. The summed E-state index contributed by atoms with van der Waals surface area (Å²) in [5, 5.41) is 6.65. The van der Waals surface area contributed by atoms with E-state index in [-0.39, 0.29) is 23.5 Å². The van der Waals surface area contributed by atoms with Crippen LogP contribution in [-0.4, -0.2) is 75.4 Å². The number of carbonyl (C=O) groups excluding carboxylic acids is 1. The number of benzene rings is 1. The van der Waals surface area contributed by atoms with Crippen LogP contribution in [0.1, 0.15) is 22.3 Å². The molecule has 9 heteroatoms. The lowest BCUT2D eigenvalue weighted by atomic mass is 10.00. The number of hydrogen-bond acceptors (Lipinski definition) is 6. The Balaban J connectivity index is 0.00000261. The van der Waals surface area contributed by atoms with E-state index in [1.54, 1.807) is 13.2 Å². The van der Waals surface area contributed by atoms with Crippen LogP contribution in [-0.2, 0) is 11.2 Å². The Hall–Kier alpha value is -1.58. The molecular formula is C18H29ClN4O4. The summed E-state index contributed by atoms with van der Waals surface area (Å²) in [5.74, 6) is 0.366. The highest BCUT2D eigenvalue weighted by molar-refractivity contribution is 6.33. The van der Waals surface area contributed by atoms with Crippen LogP contribution in [0.25, 0.3) is 0 Å². The van der Waals surface area contributed by atoms with Crippen LogP contribution < -0.4 is 21.1 Å². The first kappa shape index (κ1) is 21.7. The van der Waals surface area contributed by atoms with Crippen LogP contribution in [0, 0.1) is 0 Å². The van der Waals surface area contributed by atoms with Gasteiger partial charge in [-0.3, -0.25) is 9.69 Å². The number of nitrogen functional groups attached to an aromatic ring is 1. The van der Waals surface area contributed by atoms with Gasteiger partial charge in [-0.2, -0.15) is 0 Å². The lowest BCUT2D eigenvalue weighted by molar-refractivity contribution is 0.00691. The normalized spacial score (nSPS) is 21.9. The van der Waals surface area contributed by atoms with Crippen LogP contribution >= 0.6 is 11.6 Å². The largest absolute Gasteiger partial charge is 0.492 e. The molecule has 0 saturated carbocycles. The van der Waals surface area contributed by atoms with Gasteiger partial charge in [-0.25, -0.2) is 0 Å². The maximum Gasteiger partial charge on any atom is 0.255 e. The third kappa shape index (κ3) is 4.64. The average Bonchev–Trinajstić information content (AvgIpc) is 3.13. The van der Waals surface area contributed by atoms with Crippen molar-refractivity contribution in [2.45, 2.75) is 25.0 Å². The molecule has 2 heterocycles. The van der Waals surface area contributed by atoms with Crippen LogP contribution in [0.3, 0.4) is 0 Å². The quantitative estimate of drug-likeness (QED) is 0.581. The number of likely N-dealkylation sites (tertiary alicyclic amines) is 1. The third-order valence-electron chi connectivity index (χ3n) is 5.16. The van der Waals surface area contributed by atoms with Crippen LogP contribution in [0.15, 0.2) is 6.07 Å². The molecule has 0 bridgehead atoms. The van der Waals surface area contributed by atoms with E-state index in [1.165, 1.54) is 0 Å². The van der Waals surface area contributed by atoms with Crippen molar-refractivity contribution in [1.29, 1.82) is 0 Å². The van der Waals surface area contributed by atoms with E-state index < -0.39 is 0 Å². The maximum atomic E-state index is 12.9. The molecule has 8 nitrogen and oxygen atoms in total. The smallest absolute Gasteiger partial charge is 0.255 e. The molecule has 1 fully saturated rings. The van der Waals surface area contributed by atoms with Gasteiger partial charge in [-0.05, 0) is 19.5 Å². The number of methoxy groups -OCH3 is 1. The highest BCUT2D eigenvalue weighted by Gasteiger charge is 2.32. The predicted octanol–water partition coefficient (Wildman–Crippen LogP) is 0.0709. The monoisotopic (exact) mass is 400 g/mol. The maximum absolute atomic E-state index is 12.9. The minimum absolute atomic E-state index is 0. The average molecular weight is 401 g/mol. The number of anilines is 1. The number of halogens is 1. The standard InChI is InChI=1S/C18H27ClN4O3.H2O/c1-21-5-7-23-6-3-14(15(10-23)25-2)22-18(24)12-9-13(19)16(20)11-4-8-26-17(11)12;/h9,14-15,21H,3-8,10,20H2,1-2H3,(H,22,24);1H2. The fraction of sp³-hybridized carbons (Fsp3) is 0.611. The number of rotatable bonds is 6. The molecule has 2 aliphatic rings. The van der Waals surface area contributed by atoms with Crippen molar-refractivity contribution in [2.75, 3.05) is 52.7 Å². The van der Waals surface area contributed by atoms with Crippen LogP contribution in [0.2, 0.25) is 5.02 Å². The molecule has 0 spiro atoms. The van der Waals surface area contributed by atoms with Gasteiger partial charge < -0.3 is 31.3 Å². The molecule has 1 aromatic rings. The lowest BCUT2D eigenvalue weighted by Gasteiger charge is -2.38. The van der Waals surface area contributed by atoms with E-state index in [0.717, 1.165) is 38.2 Å². The van der Waals surface area contributed by atoms with Crippen LogP contribution in [0.5, 0.6) is 5.75 Å². The number of nitrogens with zero attached hydrogens (tertiary/aromatic N) is 1. The molecule has 1 amide bonds. The molecule has 1 aromatic carbocycles. The zero-order chi connectivity index (χ0) is 18.7. The van der Waals surface area contributed by atoms with Gasteiger partial charge in [0.25, 0.3) is 5.91 Å². The van der Waals surface area contributed by atoms with E-state index in [2.05, 4.69) is 15.5 Å². The minimum Gasteiger partial charge on any atom is -0.492 e. The number of likely N-dealkylation sites (N-methyl/N-ethyl adjacent to an activating group) is 1. The molecule has 152 valence electrons. The first-order chi connectivity index (χ1) is 12.5. The topological polar surface area (TPSA) is 120 Å². The van der Waals surface area contributed by atoms with Gasteiger partial charge in [0, 0.05) is 45.3 Å². The van der Waals surface area contributed by atoms with Crippen LogP contribution in [0.4, 0.5) is 5.69 Å². The van der Waals surface area contributed by atoms with Gasteiger partial charge >= 0.3 is 0 Å². The zero-order valence-corrected chi connectivity index (χ0v) is 16.6. The first-order valence-corrected chi connectivity index (χ1v) is 9.37. The number of hydrogen-bond donors (Lipinski definition) is 3. The van der Waals surface area contributed by atoms with Gasteiger partial charge in [0.1, 0.15) is 5.75 Å². The van der Waals surface area contributed by atoms with E-state index in [4.69, 9.17) is 26.8 Å². The van der Waals surface area contributed by atoms with Crippen molar-refractivity contribution in [1.82, 2.24) is 15.5 Å². The summed E-state index contributed by atoms with van der Waals surface area (Å²) in [6.07, 6.45) is 1.45. The summed E-state index contributed by atoms with van der Waals surface area (Å²) < 4.78 is 11.3. The Kier molecular flexibility index (Phi) is 7.69. The molecule has 1 saturated heterocycles. The van der Waals surface area contributed by atoms with E-state index in [1.807, 2.05) is 7.05 Å². The number of nitrogens with one attached hydrogen (secondary N) is 2. The molecular weight excluding hydrogens is 372 g/mol. The molecule has 3 rings (SSSR count). The fourth-order valence-corrected chi connectivity index (χ4v) is 3.86. The molecule has 0 radical (unpaired) electrons. The Morgan fingerprint density at radius 1 is 1.52 bits per heavy atom. The van der Waals surface area contributed by atoms with Crippen molar-refractivity contribution in [3.05, 3.63) is 22.2 Å². The summed E-state index contributed by atoms with van der Waals surface area (Å²) in [6, 6.07) is 1.55. The first-order valence-electron chi connectivity index (χ1n) is 8.99. The molecule has 0 aliphatic carbocycles. The molecule has 6 N–H and O–H groups in total. The molecule has 2 unspecified atom stereocenters. The number of nitrogens with two attached hydrogens (primary N) is 1. The summed E-state index contributed by atoms with van der Waals surface area (Å²) in [4.78, 5) is 15.2. The van der Waals surface area contributed by atoms with Gasteiger partial charge in [-0.15, -0.1) is 0 Å². The second kappa shape index (κ2) is 9.57. The van der Waals surface area contributed by atoms with Gasteiger partial charge in [0.15, 0.2) is 0 Å². The second-order valence-corrected chi connectivity index (χ2v) is 7.18. The molecule has 0 aromatic heterocycles. The van der Waals surface area contributed by atoms with Crippen molar-refractivity contribution >= 4 is 23.2 Å². The number of piperidine rings is 1. The van der Waals surface area contributed by atoms with Gasteiger partial charge in [0.05, 0.1) is 35.0 Å². The van der Waals surface area contributed by atoms with Gasteiger partial charge in [0.2, 0.25) is 0 Å². The van der Waals surface area contributed by atoms with Crippen molar-refractivity contribution < 1.29 is 19.7 Å². The number of carbonyl (C=O) groups is 1. The SMILES string of the molecule is CNCCN1CCC(NC(=O)c2cc(Cl)c(N)c3c2OCC3)C(OC)C1.O. The highest BCUT2D eigenvalue weighted by Crippen LogP contribution is 2.38. The highest BCUT2D eigenvalue weighted by atomic mass is 35.5. The summed E-state index contributed by atoms with van der Waals surface area (Å²) >= 11 is 6.21. The predicted molar refractivity (Wildman–Crippen MR) is 106 cm³/mol. The van der Waals surface area contributed by atoms with E-state index >= 15 is 0 Å². The summed E-state index contributed by atoms with van der Waals surface area (Å²) in [6.45, 7) is 4.13. The zero-order valence-electron chi connectivity index (χ0n) is 15.8. The number of amides is 1. The van der Waals surface area contributed by atoms with E-state index in [9.17, 15) is 4.79 Å². The Morgan fingerprint density at radius 2 is 2.30 bits per heavy atom. The molecule has 2 aliphatic heterocycles. The third-order valence-corrected chi connectivity index (χ3v) is 5.47. The Morgan fingerprint density at radius 3 is 3.00 bits per heavy atom. The summed E-state index contributed by atoms with van der Waals surface area (Å²) in [5.41, 5.74) is 7.79. The van der Waals surface area contributed by atoms with Crippen molar-refractivity contribution in [3.8, 4) is 5.75 Å². The Labute approximate surface area is 164 Å². The fourth-order valence-electron chi connectivity index (χ4n) is 3.64. The Bertz CT molecular complexity index is 673. The van der Waals surface area contributed by atoms with E-state index in [0.29, 0.717) is 35.1 Å². The number of fused-ring (bicyclic) bond motifs is 1. The number of ether oxygens (including phenoxy) is 2. The molecule has 2 atom stereocenters. The van der Waals surface area contributed by atoms with Crippen molar-refractivity contribution in [3.63, 3.8) is 0 Å². The minimum atomic E-state index is -0.194. The lowest BCUT2D eigenvalue weighted by Crippen LogP contribution is -2.55.